The molecule has 2 aromatic rings. The Morgan fingerprint density at radius 1 is 1.03 bits per heavy atom. The molecule has 2 aliphatic rings. The molecule has 0 aromatic heterocycles. The number of amides is 1. The van der Waals surface area contributed by atoms with E-state index in [0.29, 0.717) is 5.69 Å². The van der Waals surface area contributed by atoms with Gasteiger partial charge in [0.05, 0.1) is 24.8 Å². The first-order chi connectivity index (χ1) is 14.7. The SMILES string of the molecule is COC(=O)N1[C@@H]2[C@H](C[C@@]1(C)C(=O)OC)c1ccccc1N2S(=O)(=O)c1ccc(C)cc1. The number of sulfonamides is 1. The average molecular weight is 445 g/mol. The van der Waals surface area contributed by atoms with Gasteiger partial charge in [-0.1, -0.05) is 35.9 Å². The number of nitrogens with zero attached hydrogens (tertiary/aromatic N) is 2. The van der Waals surface area contributed by atoms with Gasteiger partial charge in [-0.25, -0.2) is 22.3 Å². The molecular weight excluding hydrogens is 420 g/mol. The smallest absolute Gasteiger partial charge is 0.412 e. The van der Waals surface area contributed by atoms with Gasteiger partial charge in [-0.05, 0) is 44.0 Å². The normalized spacial score (nSPS) is 24.5. The zero-order valence-corrected chi connectivity index (χ0v) is 18.5. The third-order valence-electron chi connectivity index (χ3n) is 6.16. The molecule has 1 amide bonds. The lowest BCUT2D eigenvalue weighted by Gasteiger charge is -2.38. The van der Waals surface area contributed by atoms with Crippen molar-refractivity contribution in [1.29, 1.82) is 0 Å². The Morgan fingerprint density at radius 2 is 1.68 bits per heavy atom. The number of benzene rings is 2. The lowest BCUT2D eigenvalue weighted by Crippen LogP contribution is -2.59. The Hall–Kier alpha value is -3.07. The highest BCUT2D eigenvalue weighted by Gasteiger charge is 2.63. The minimum atomic E-state index is -4.05. The first-order valence-corrected chi connectivity index (χ1v) is 11.3. The van der Waals surface area contributed by atoms with Crippen LogP contribution in [0.2, 0.25) is 0 Å². The quantitative estimate of drug-likeness (QED) is 0.676. The number of esters is 1. The largest absolute Gasteiger partial charge is 0.467 e. The molecule has 0 unspecified atom stereocenters. The van der Waals surface area contributed by atoms with Crippen molar-refractivity contribution in [3.8, 4) is 0 Å². The Bertz CT molecular complexity index is 1150. The molecule has 2 heterocycles. The highest BCUT2D eigenvalue weighted by molar-refractivity contribution is 7.92. The van der Waals surface area contributed by atoms with Crippen LogP contribution in [-0.2, 0) is 24.3 Å². The summed E-state index contributed by atoms with van der Waals surface area (Å²) in [5, 5.41) is 0. The number of likely N-dealkylation sites (tertiary alicyclic amines) is 1. The monoisotopic (exact) mass is 444 g/mol. The fraction of sp³-hybridized carbons (Fsp3) is 0.364. The summed E-state index contributed by atoms with van der Waals surface area (Å²) >= 11 is 0. The van der Waals surface area contributed by atoms with Crippen LogP contribution in [0.1, 0.15) is 30.4 Å². The first kappa shape index (κ1) is 21.2. The number of carbonyl (C=O) groups is 2. The van der Waals surface area contributed by atoms with Gasteiger partial charge in [0.1, 0.15) is 11.7 Å². The van der Waals surface area contributed by atoms with E-state index < -0.39 is 39.7 Å². The Balaban J connectivity index is 1.94. The number of ether oxygens (including phenoxy) is 2. The van der Waals surface area contributed by atoms with Gasteiger partial charge in [0.2, 0.25) is 0 Å². The van der Waals surface area contributed by atoms with Gasteiger partial charge in [0.15, 0.2) is 0 Å². The first-order valence-electron chi connectivity index (χ1n) is 9.82. The second-order valence-electron chi connectivity index (χ2n) is 8.00. The van der Waals surface area contributed by atoms with E-state index in [1.54, 1.807) is 31.2 Å². The number of methoxy groups -OCH3 is 2. The van der Waals surface area contributed by atoms with Crippen LogP contribution in [-0.4, -0.2) is 51.3 Å². The van der Waals surface area contributed by atoms with Gasteiger partial charge >= 0.3 is 12.1 Å². The number of rotatable bonds is 3. The molecule has 1 fully saturated rings. The van der Waals surface area contributed by atoms with E-state index in [1.807, 2.05) is 19.1 Å². The van der Waals surface area contributed by atoms with Crippen LogP contribution < -0.4 is 4.31 Å². The third kappa shape index (κ3) is 2.98. The number of hydrogen-bond acceptors (Lipinski definition) is 6. The molecule has 4 rings (SSSR count). The van der Waals surface area contributed by atoms with E-state index in [4.69, 9.17) is 9.47 Å². The molecule has 0 spiro atoms. The highest BCUT2D eigenvalue weighted by atomic mass is 32.2. The number of carbonyl (C=O) groups excluding carboxylic acids is 2. The van der Waals surface area contributed by atoms with Crippen molar-refractivity contribution in [2.45, 2.75) is 42.8 Å². The molecule has 2 aromatic carbocycles. The van der Waals surface area contributed by atoms with E-state index in [2.05, 4.69) is 0 Å². The Kier molecular flexibility index (Phi) is 4.96. The van der Waals surface area contributed by atoms with Crippen molar-refractivity contribution in [2.75, 3.05) is 18.5 Å². The second-order valence-corrected chi connectivity index (χ2v) is 9.82. The van der Waals surface area contributed by atoms with Crippen molar-refractivity contribution in [3.63, 3.8) is 0 Å². The van der Waals surface area contributed by atoms with E-state index in [9.17, 15) is 18.0 Å². The topological polar surface area (TPSA) is 93.2 Å². The molecule has 0 N–H and O–H groups in total. The lowest BCUT2D eigenvalue weighted by molar-refractivity contribution is -0.152. The maximum atomic E-state index is 13.8. The molecule has 2 aliphatic heterocycles. The predicted molar refractivity (Wildman–Crippen MR) is 113 cm³/mol. The molecule has 0 saturated carbocycles. The van der Waals surface area contributed by atoms with Crippen LogP contribution >= 0.6 is 0 Å². The van der Waals surface area contributed by atoms with Gasteiger partial charge in [0, 0.05) is 5.92 Å². The van der Waals surface area contributed by atoms with Crippen molar-refractivity contribution < 1.29 is 27.5 Å². The molecule has 0 bridgehead atoms. The van der Waals surface area contributed by atoms with E-state index >= 15 is 0 Å². The maximum absolute atomic E-state index is 13.8. The average Bonchev–Trinajstić information content (AvgIpc) is 3.23. The summed E-state index contributed by atoms with van der Waals surface area (Å²) < 4.78 is 38.8. The van der Waals surface area contributed by atoms with Gasteiger partial charge in [0.25, 0.3) is 10.0 Å². The van der Waals surface area contributed by atoms with Crippen LogP contribution in [0.4, 0.5) is 10.5 Å². The van der Waals surface area contributed by atoms with Gasteiger partial charge < -0.3 is 9.47 Å². The summed E-state index contributed by atoms with van der Waals surface area (Å²) in [6, 6.07) is 13.6. The maximum Gasteiger partial charge on any atom is 0.412 e. The predicted octanol–water partition coefficient (Wildman–Crippen LogP) is 3.02. The summed E-state index contributed by atoms with van der Waals surface area (Å²) in [6.07, 6.45) is -1.55. The molecule has 3 atom stereocenters. The zero-order valence-electron chi connectivity index (χ0n) is 17.7. The van der Waals surface area contributed by atoms with E-state index in [1.165, 1.54) is 35.6 Å². The molecular formula is C22H24N2O6S. The summed E-state index contributed by atoms with van der Waals surface area (Å²) in [7, 11) is -1.60. The molecule has 0 radical (unpaired) electrons. The van der Waals surface area contributed by atoms with Crippen LogP contribution in [0.25, 0.3) is 0 Å². The minimum absolute atomic E-state index is 0.102. The van der Waals surface area contributed by atoms with Crippen molar-refractivity contribution >= 4 is 27.8 Å². The van der Waals surface area contributed by atoms with Crippen LogP contribution in [0.3, 0.4) is 0 Å². The van der Waals surface area contributed by atoms with Crippen molar-refractivity contribution in [3.05, 3.63) is 59.7 Å². The van der Waals surface area contributed by atoms with E-state index in [-0.39, 0.29) is 11.3 Å². The zero-order chi connectivity index (χ0) is 22.6. The number of aryl methyl sites for hydroxylation is 1. The summed E-state index contributed by atoms with van der Waals surface area (Å²) in [5.41, 5.74) is 0.781. The number of hydrogen-bond donors (Lipinski definition) is 0. The van der Waals surface area contributed by atoms with Crippen LogP contribution in [0, 0.1) is 6.92 Å². The Morgan fingerprint density at radius 3 is 2.29 bits per heavy atom. The summed E-state index contributed by atoms with van der Waals surface area (Å²) in [4.78, 5) is 26.9. The van der Waals surface area contributed by atoms with Gasteiger partial charge in [-0.2, -0.15) is 0 Å². The van der Waals surface area contributed by atoms with Gasteiger partial charge in [-0.15, -0.1) is 0 Å². The minimum Gasteiger partial charge on any atom is -0.467 e. The fourth-order valence-electron chi connectivity index (χ4n) is 4.69. The Labute approximate surface area is 181 Å². The number of anilines is 1. The van der Waals surface area contributed by atoms with Crippen molar-refractivity contribution in [1.82, 2.24) is 4.90 Å². The van der Waals surface area contributed by atoms with E-state index in [0.717, 1.165) is 11.1 Å². The third-order valence-corrected chi connectivity index (χ3v) is 7.96. The number of fused-ring (bicyclic) bond motifs is 3. The van der Waals surface area contributed by atoms with Crippen LogP contribution in [0.15, 0.2) is 53.4 Å². The molecule has 0 aliphatic carbocycles. The fourth-order valence-corrected chi connectivity index (χ4v) is 6.35. The molecule has 9 heteroatoms. The summed E-state index contributed by atoms with van der Waals surface area (Å²) in [5.74, 6) is -1.04. The number of para-hydroxylation sites is 1. The second kappa shape index (κ2) is 7.26. The highest BCUT2D eigenvalue weighted by Crippen LogP contribution is 2.55. The molecule has 1 saturated heterocycles. The molecule has 164 valence electrons. The van der Waals surface area contributed by atoms with Crippen LogP contribution in [0.5, 0.6) is 0 Å². The standard InChI is InChI=1S/C22H24N2O6S/c1-14-9-11-15(12-10-14)31(27,28)24-18-8-6-5-7-16(18)17-13-22(2,20(25)29-3)23(19(17)24)21(26)30-4/h5-12,17,19H,13H2,1-4H3/t17-,19+,22+/m1/s1. The molecule has 8 nitrogen and oxygen atoms in total. The lowest BCUT2D eigenvalue weighted by atomic mass is 9.90. The molecule has 31 heavy (non-hydrogen) atoms. The van der Waals surface area contributed by atoms with Gasteiger partial charge in [-0.3, -0.25) is 4.90 Å². The van der Waals surface area contributed by atoms with Crippen molar-refractivity contribution in [2.24, 2.45) is 0 Å². The summed E-state index contributed by atoms with van der Waals surface area (Å²) in [6.45, 7) is 3.45.